The summed E-state index contributed by atoms with van der Waals surface area (Å²) in [5.74, 6) is 0.620. The summed E-state index contributed by atoms with van der Waals surface area (Å²) in [5.41, 5.74) is 6.64. The summed E-state index contributed by atoms with van der Waals surface area (Å²) in [6, 6.07) is 3.75. The van der Waals surface area contributed by atoms with E-state index in [-0.39, 0.29) is 18.4 Å². The van der Waals surface area contributed by atoms with E-state index in [2.05, 4.69) is 4.98 Å². The largest absolute Gasteiger partial charge is 0.481 e. The SMILES string of the molecule is COc1ccc([C@H](C)N)cn1.Cl. The Labute approximate surface area is 78.4 Å². The number of aromatic nitrogens is 1. The molecule has 0 radical (unpaired) electrons. The molecule has 0 saturated heterocycles. The zero-order valence-corrected chi connectivity index (χ0v) is 7.97. The molecule has 12 heavy (non-hydrogen) atoms. The molecule has 1 atom stereocenters. The second-order valence-corrected chi connectivity index (χ2v) is 2.42. The first kappa shape index (κ1) is 11.2. The average molecular weight is 189 g/mol. The van der Waals surface area contributed by atoms with Crippen LogP contribution < -0.4 is 10.5 Å². The third kappa shape index (κ3) is 2.68. The molecule has 0 saturated carbocycles. The van der Waals surface area contributed by atoms with Crippen LogP contribution in [-0.2, 0) is 0 Å². The molecule has 1 aromatic heterocycles. The number of nitrogens with zero attached hydrogens (tertiary/aromatic N) is 1. The van der Waals surface area contributed by atoms with Crippen LogP contribution in [0.15, 0.2) is 18.3 Å². The first-order valence-corrected chi connectivity index (χ1v) is 3.49. The third-order valence-corrected chi connectivity index (χ3v) is 1.49. The molecule has 0 aliphatic carbocycles. The second kappa shape index (κ2) is 4.95. The van der Waals surface area contributed by atoms with E-state index in [0.717, 1.165) is 5.56 Å². The van der Waals surface area contributed by atoms with Crippen molar-refractivity contribution < 1.29 is 4.74 Å². The lowest BCUT2D eigenvalue weighted by Gasteiger charge is -2.04. The van der Waals surface area contributed by atoms with E-state index >= 15 is 0 Å². The Bertz CT molecular complexity index is 223. The van der Waals surface area contributed by atoms with Gasteiger partial charge in [-0.2, -0.15) is 0 Å². The third-order valence-electron chi connectivity index (χ3n) is 1.49. The van der Waals surface area contributed by atoms with Crippen LogP contribution in [0.2, 0.25) is 0 Å². The van der Waals surface area contributed by atoms with E-state index in [1.807, 2.05) is 13.0 Å². The van der Waals surface area contributed by atoms with Crippen LogP contribution in [0.5, 0.6) is 5.88 Å². The lowest BCUT2D eigenvalue weighted by molar-refractivity contribution is 0.397. The van der Waals surface area contributed by atoms with Gasteiger partial charge in [-0.15, -0.1) is 12.4 Å². The minimum absolute atomic E-state index is 0. The summed E-state index contributed by atoms with van der Waals surface area (Å²) in [6.45, 7) is 1.92. The minimum Gasteiger partial charge on any atom is -0.481 e. The molecule has 68 valence electrons. The number of halogens is 1. The molecule has 0 aliphatic heterocycles. The molecule has 1 heterocycles. The molecule has 0 amide bonds. The standard InChI is InChI=1S/C8H12N2O.ClH/c1-6(9)7-3-4-8(11-2)10-5-7;/h3-6H,9H2,1-2H3;1H/t6-;/m0./s1. The second-order valence-electron chi connectivity index (χ2n) is 2.42. The van der Waals surface area contributed by atoms with Gasteiger partial charge in [0.15, 0.2) is 0 Å². The van der Waals surface area contributed by atoms with Gasteiger partial charge in [-0.3, -0.25) is 0 Å². The maximum atomic E-state index is 5.62. The van der Waals surface area contributed by atoms with Crippen molar-refractivity contribution in [3.63, 3.8) is 0 Å². The predicted octanol–water partition coefficient (Wildman–Crippen LogP) is 1.53. The number of hydrogen-bond acceptors (Lipinski definition) is 3. The smallest absolute Gasteiger partial charge is 0.212 e. The molecule has 0 fully saturated rings. The number of ether oxygens (including phenoxy) is 1. The fourth-order valence-electron chi connectivity index (χ4n) is 0.782. The van der Waals surface area contributed by atoms with E-state index in [1.165, 1.54) is 0 Å². The normalized spacial score (nSPS) is 11.6. The van der Waals surface area contributed by atoms with Crippen LogP contribution >= 0.6 is 12.4 Å². The zero-order chi connectivity index (χ0) is 8.27. The lowest BCUT2D eigenvalue weighted by Crippen LogP contribution is -2.05. The topological polar surface area (TPSA) is 48.1 Å². The molecule has 0 bridgehead atoms. The van der Waals surface area contributed by atoms with Gasteiger partial charge in [0.25, 0.3) is 0 Å². The zero-order valence-electron chi connectivity index (χ0n) is 7.15. The number of pyridine rings is 1. The van der Waals surface area contributed by atoms with Crippen molar-refractivity contribution in [3.05, 3.63) is 23.9 Å². The average Bonchev–Trinajstić information content (AvgIpc) is 2.05. The van der Waals surface area contributed by atoms with E-state index in [0.29, 0.717) is 5.88 Å². The highest BCUT2D eigenvalue weighted by molar-refractivity contribution is 5.85. The van der Waals surface area contributed by atoms with Crippen LogP contribution in [0.4, 0.5) is 0 Å². The van der Waals surface area contributed by atoms with Gasteiger partial charge in [0, 0.05) is 18.3 Å². The van der Waals surface area contributed by atoms with Gasteiger partial charge in [0.1, 0.15) is 0 Å². The van der Waals surface area contributed by atoms with Gasteiger partial charge in [-0.05, 0) is 12.5 Å². The molecule has 4 heteroatoms. The Balaban J connectivity index is 0.00000121. The molecule has 0 unspecified atom stereocenters. The monoisotopic (exact) mass is 188 g/mol. The van der Waals surface area contributed by atoms with Crippen molar-refractivity contribution in [2.45, 2.75) is 13.0 Å². The van der Waals surface area contributed by atoms with Crippen molar-refractivity contribution in [3.8, 4) is 5.88 Å². The highest BCUT2D eigenvalue weighted by Gasteiger charge is 1.98. The van der Waals surface area contributed by atoms with Crippen molar-refractivity contribution in [2.75, 3.05) is 7.11 Å². The Morgan fingerprint density at radius 3 is 2.50 bits per heavy atom. The number of hydrogen-bond donors (Lipinski definition) is 1. The van der Waals surface area contributed by atoms with E-state index in [1.54, 1.807) is 19.4 Å². The number of methoxy groups -OCH3 is 1. The molecule has 1 rings (SSSR count). The summed E-state index contributed by atoms with van der Waals surface area (Å²) in [5, 5.41) is 0. The Kier molecular flexibility index (Phi) is 4.62. The van der Waals surface area contributed by atoms with E-state index in [4.69, 9.17) is 10.5 Å². The minimum atomic E-state index is 0. The fraction of sp³-hybridized carbons (Fsp3) is 0.375. The molecular formula is C8H13ClN2O. The molecule has 0 aliphatic rings. The predicted molar refractivity (Wildman–Crippen MR) is 50.6 cm³/mol. The summed E-state index contributed by atoms with van der Waals surface area (Å²) in [7, 11) is 1.59. The van der Waals surface area contributed by atoms with Crippen molar-refractivity contribution in [1.29, 1.82) is 0 Å². The summed E-state index contributed by atoms with van der Waals surface area (Å²) in [6.07, 6.45) is 1.73. The summed E-state index contributed by atoms with van der Waals surface area (Å²) < 4.78 is 4.90. The van der Waals surface area contributed by atoms with Crippen molar-refractivity contribution in [1.82, 2.24) is 4.98 Å². The summed E-state index contributed by atoms with van der Waals surface area (Å²) >= 11 is 0. The highest BCUT2D eigenvalue weighted by atomic mass is 35.5. The molecular weight excluding hydrogens is 176 g/mol. The lowest BCUT2D eigenvalue weighted by atomic mass is 10.2. The van der Waals surface area contributed by atoms with Gasteiger partial charge >= 0.3 is 0 Å². The van der Waals surface area contributed by atoms with Gasteiger partial charge in [0.05, 0.1) is 7.11 Å². The van der Waals surface area contributed by atoms with Crippen molar-refractivity contribution in [2.24, 2.45) is 5.73 Å². The van der Waals surface area contributed by atoms with Crippen LogP contribution in [0, 0.1) is 0 Å². The maximum absolute atomic E-state index is 5.62. The van der Waals surface area contributed by atoms with Crippen LogP contribution in [-0.4, -0.2) is 12.1 Å². The Morgan fingerprint density at radius 1 is 1.50 bits per heavy atom. The van der Waals surface area contributed by atoms with E-state index < -0.39 is 0 Å². The molecule has 0 aromatic carbocycles. The highest BCUT2D eigenvalue weighted by Crippen LogP contribution is 2.11. The first-order chi connectivity index (χ1) is 5.24. The first-order valence-electron chi connectivity index (χ1n) is 3.49. The molecule has 3 nitrogen and oxygen atoms in total. The number of rotatable bonds is 2. The Hall–Kier alpha value is -0.800. The molecule has 0 spiro atoms. The quantitative estimate of drug-likeness (QED) is 0.766. The van der Waals surface area contributed by atoms with Crippen LogP contribution in [0.25, 0.3) is 0 Å². The number of nitrogens with two attached hydrogens (primary N) is 1. The van der Waals surface area contributed by atoms with Gasteiger partial charge < -0.3 is 10.5 Å². The maximum Gasteiger partial charge on any atom is 0.212 e. The van der Waals surface area contributed by atoms with Crippen molar-refractivity contribution >= 4 is 12.4 Å². The van der Waals surface area contributed by atoms with Crippen LogP contribution in [0.3, 0.4) is 0 Å². The van der Waals surface area contributed by atoms with Gasteiger partial charge in [0.2, 0.25) is 5.88 Å². The molecule has 2 N–H and O–H groups in total. The van der Waals surface area contributed by atoms with Gasteiger partial charge in [-0.25, -0.2) is 4.98 Å². The summed E-state index contributed by atoms with van der Waals surface area (Å²) in [4.78, 5) is 4.02. The van der Waals surface area contributed by atoms with E-state index in [9.17, 15) is 0 Å². The van der Waals surface area contributed by atoms with Crippen LogP contribution in [0.1, 0.15) is 18.5 Å². The Morgan fingerprint density at radius 2 is 2.17 bits per heavy atom. The molecule has 1 aromatic rings. The fourth-order valence-corrected chi connectivity index (χ4v) is 0.782. The van der Waals surface area contributed by atoms with Gasteiger partial charge in [-0.1, -0.05) is 6.07 Å².